The summed E-state index contributed by atoms with van der Waals surface area (Å²) >= 11 is 0. The van der Waals surface area contributed by atoms with Crippen molar-refractivity contribution in [3.05, 3.63) is 59.5 Å². The number of amides is 2. The standard InChI is InChI=1S/C20H27N3O2/c1-15-8-9-19(25-15)16(2)21-20(24)22-18-10-12-23(13-11-18)14-17-6-4-3-5-7-17/h3-9,16,18H,10-14H2,1-2H3,(H2,21,22,24)/t16-/m0/s1. The third-order valence-electron chi connectivity index (χ3n) is 4.71. The van der Waals surface area contributed by atoms with Crippen molar-refractivity contribution in [2.75, 3.05) is 13.1 Å². The molecule has 0 saturated carbocycles. The minimum Gasteiger partial charge on any atom is -0.464 e. The number of carbonyl (C=O) groups is 1. The number of rotatable bonds is 5. The Balaban J connectivity index is 1.40. The summed E-state index contributed by atoms with van der Waals surface area (Å²) in [6.07, 6.45) is 1.96. The fraction of sp³-hybridized carbons (Fsp3) is 0.450. The number of benzene rings is 1. The largest absolute Gasteiger partial charge is 0.464 e. The Hall–Kier alpha value is -2.27. The quantitative estimate of drug-likeness (QED) is 0.873. The van der Waals surface area contributed by atoms with E-state index in [9.17, 15) is 4.79 Å². The van der Waals surface area contributed by atoms with Crippen LogP contribution in [0.3, 0.4) is 0 Å². The first-order valence-corrected chi connectivity index (χ1v) is 9.00. The highest BCUT2D eigenvalue weighted by atomic mass is 16.3. The Morgan fingerprint density at radius 3 is 2.56 bits per heavy atom. The number of nitrogens with zero attached hydrogens (tertiary/aromatic N) is 1. The van der Waals surface area contributed by atoms with Gasteiger partial charge in [-0.2, -0.15) is 0 Å². The Morgan fingerprint density at radius 1 is 1.20 bits per heavy atom. The van der Waals surface area contributed by atoms with Crippen molar-refractivity contribution >= 4 is 6.03 Å². The van der Waals surface area contributed by atoms with Crippen LogP contribution in [-0.4, -0.2) is 30.1 Å². The second-order valence-electron chi connectivity index (χ2n) is 6.82. The number of nitrogens with one attached hydrogen (secondary N) is 2. The van der Waals surface area contributed by atoms with E-state index in [0.29, 0.717) is 0 Å². The van der Waals surface area contributed by atoms with Crippen LogP contribution in [0.15, 0.2) is 46.9 Å². The predicted molar refractivity (Wildman–Crippen MR) is 98.3 cm³/mol. The van der Waals surface area contributed by atoms with Crippen LogP contribution in [0.5, 0.6) is 0 Å². The maximum absolute atomic E-state index is 12.2. The highest BCUT2D eigenvalue weighted by Crippen LogP contribution is 2.16. The molecule has 0 radical (unpaired) electrons. The van der Waals surface area contributed by atoms with Crippen molar-refractivity contribution in [3.8, 4) is 0 Å². The molecule has 1 aliphatic rings. The summed E-state index contributed by atoms with van der Waals surface area (Å²) in [5.74, 6) is 1.64. The molecule has 1 atom stereocenters. The smallest absolute Gasteiger partial charge is 0.315 e. The number of furan rings is 1. The molecule has 3 rings (SSSR count). The van der Waals surface area contributed by atoms with E-state index < -0.39 is 0 Å². The minimum atomic E-state index is -0.133. The monoisotopic (exact) mass is 341 g/mol. The molecule has 2 aromatic rings. The molecule has 134 valence electrons. The lowest BCUT2D eigenvalue weighted by Gasteiger charge is -2.32. The predicted octanol–water partition coefficient (Wildman–Crippen LogP) is 3.61. The van der Waals surface area contributed by atoms with Crippen LogP contribution in [-0.2, 0) is 6.54 Å². The third-order valence-corrected chi connectivity index (χ3v) is 4.71. The Morgan fingerprint density at radius 2 is 1.92 bits per heavy atom. The molecule has 0 bridgehead atoms. The van der Waals surface area contributed by atoms with Gasteiger partial charge in [0, 0.05) is 25.7 Å². The normalized spacial score (nSPS) is 17.2. The Labute approximate surface area is 149 Å². The van der Waals surface area contributed by atoms with Crippen LogP contribution in [0.4, 0.5) is 4.79 Å². The molecule has 2 heterocycles. The van der Waals surface area contributed by atoms with Crippen molar-refractivity contribution in [1.29, 1.82) is 0 Å². The lowest BCUT2D eigenvalue weighted by atomic mass is 10.0. The molecular weight excluding hydrogens is 314 g/mol. The van der Waals surface area contributed by atoms with E-state index >= 15 is 0 Å². The highest BCUT2D eigenvalue weighted by molar-refractivity contribution is 5.74. The van der Waals surface area contributed by atoms with Crippen molar-refractivity contribution < 1.29 is 9.21 Å². The summed E-state index contributed by atoms with van der Waals surface area (Å²) in [5.41, 5.74) is 1.34. The lowest BCUT2D eigenvalue weighted by Crippen LogP contribution is -2.48. The first-order chi connectivity index (χ1) is 12.1. The number of piperidine rings is 1. The van der Waals surface area contributed by atoms with Gasteiger partial charge in [0.05, 0.1) is 6.04 Å². The molecule has 1 aliphatic heterocycles. The van der Waals surface area contributed by atoms with E-state index in [2.05, 4.69) is 39.8 Å². The van der Waals surface area contributed by atoms with Gasteiger partial charge in [0.25, 0.3) is 0 Å². The van der Waals surface area contributed by atoms with Crippen LogP contribution < -0.4 is 10.6 Å². The number of likely N-dealkylation sites (tertiary alicyclic amines) is 1. The summed E-state index contributed by atoms with van der Waals surface area (Å²) < 4.78 is 5.56. The molecule has 1 aromatic heterocycles. The first-order valence-electron chi connectivity index (χ1n) is 9.00. The van der Waals surface area contributed by atoms with Gasteiger partial charge in [-0.05, 0) is 44.4 Å². The topological polar surface area (TPSA) is 57.5 Å². The van der Waals surface area contributed by atoms with Gasteiger partial charge >= 0.3 is 6.03 Å². The summed E-state index contributed by atoms with van der Waals surface area (Å²) in [5, 5.41) is 6.04. The van der Waals surface area contributed by atoms with Gasteiger partial charge < -0.3 is 15.1 Å². The number of urea groups is 1. The fourth-order valence-corrected chi connectivity index (χ4v) is 3.26. The van der Waals surface area contributed by atoms with Crippen LogP contribution in [0.1, 0.15) is 42.9 Å². The van der Waals surface area contributed by atoms with Gasteiger partial charge in [-0.25, -0.2) is 4.79 Å². The Kier molecular flexibility index (Phi) is 5.76. The average molecular weight is 341 g/mol. The zero-order chi connectivity index (χ0) is 17.6. The summed E-state index contributed by atoms with van der Waals surface area (Å²) in [4.78, 5) is 14.6. The molecule has 0 spiro atoms. The van der Waals surface area contributed by atoms with Gasteiger partial charge in [-0.1, -0.05) is 30.3 Å². The zero-order valence-corrected chi connectivity index (χ0v) is 15.0. The number of hydrogen-bond acceptors (Lipinski definition) is 3. The van der Waals surface area contributed by atoms with Crippen LogP contribution in [0.25, 0.3) is 0 Å². The summed E-state index contributed by atoms with van der Waals surface area (Å²) in [7, 11) is 0. The number of aryl methyl sites for hydroxylation is 1. The minimum absolute atomic E-state index is 0.122. The maximum Gasteiger partial charge on any atom is 0.315 e. The van der Waals surface area contributed by atoms with E-state index in [1.54, 1.807) is 0 Å². The van der Waals surface area contributed by atoms with Crippen molar-refractivity contribution in [3.63, 3.8) is 0 Å². The first kappa shape index (κ1) is 17.5. The van der Waals surface area contributed by atoms with E-state index in [0.717, 1.165) is 44.0 Å². The summed E-state index contributed by atoms with van der Waals surface area (Å²) in [6, 6.07) is 14.3. The summed E-state index contributed by atoms with van der Waals surface area (Å²) in [6.45, 7) is 6.83. The molecule has 2 amide bonds. The number of hydrogen-bond donors (Lipinski definition) is 2. The zero-order valence-electron chi connectivity index (χ0n) is 15.0. The van der Waals surface area contributed by atoms with Gasteiger partial charge in [0.2, 0.25) is 0 Å². The molecular formula is C20H27N3O2. The molecule has 1 aromatic carbocycles. The SMILES string of the molecule is Cc1ccc([C@H](C)NC(=O)NC2CCN(Cc3ccccc3)CC2)o1. The molecule has 1 saturated heterocycles. The maximum atomic E-state index is 12.2. The lowest BCUT2D eigenvalue weighted by molar-refractivity contribution is 0.185. The van der Waals surface area contributed by atoms with Crippen LogP contribution in [0, 0.1) is 6.92 Å². The van der Waals surface area contributed by atoms with E-state index in [4.69, 9.17) is 4.42 Å². The second kappa shape index (κ2) is 8.21. The van der Waals surface area contributed by atoms with Crippen LogP contribution in [0.2, 0.25) is 0 Å². The molecule has 5 nitrogen and oxygen atoms in total. The molecule has 5 heteroatoms. The van der Waals surface area contributed by atoms with Crippen molar-refractivity contribution in [2.24, 2.45) is 0 Å². The van der Waals surface area contributed by atoms with Gasteiger partial charge in [0.1, 0.15) is 11.5 Å². The molecule has 0 unspecified atom stereocenters. The number of carbonyl (C=O) groups excluding carboxylic acids is 1. The molecule has 2 N–H and O–H groups in total. The Bertz CT molecular complexity index is 675. The van der Waals surface area contributed by atoms with Crippen molar-refractivity contribution in [1.82, 2.24) is 15.5 Å². The average Bonchev–Trinajstić information content (AvgIpc) is 3.04. The molecule has 25 heavy (non-hydrogen) atoms. The van der Waals surface area contributed by atoms with Crippen LogP contribution >= 0.6 is 0 Å². The van der Waals surface area contributed by atoms with Gasteiger partial charge in [0.15, 0.2) is 0 Å². The highest BCUT2D eigenvalue weighted by Gasteiger charge is 2.21. The van der Waals surface area contributed by atoms with Gasteiger partial charge in [-0.3, -0.25) is 4.90 Å². The van der Waals surface area contributed by atoms with E-state index in [-0.39, 0.29) is 18.1 Å². The van der Waals surface area contributed by atoms with Crippen molar-refractivity contribution in [2.45, 2.75) is 45.3 Å². The molecule has 0 aliphatic carbocycles. The second-order valence-corrected chi connectivity index (χ2v) is 6.82. The molecule has 1 fully saturated rings. The fourth-order valence-electron chi connectivity index (χ4n) is 3.26. The van der Waals surface area contributed by atoms with E-state index in [1.165, 1.54) is 5.56 Å². The third kappa shape index (κ3) is 5.10. The van der Waals surface area contributed by atoms with Gasteiger partial charge in [-0.15, -0.1) is 0 Å². The van der Waals surface area contributed by atoms with E-state index in [1.807, 2.05) is 32.0 Å².